The third-order valence-electron chi connectivity index (χ3n) is 4.67. The van der Waals surface area contributed by atoms with Crippen LogP contribution in [0, 0.1) is 0 Å². The van der Waals surface area contributed by atoms with E-state index in [4.69, 9.17) is 0 Å². The summed E-state index contributed by atoms with van der Waals surface area (Å²) in [7, 11) is 0. The van der Waals surface area contributed by atoms with Gasteiger partial charge in [-0.1, -0.05) is 76.2 Å². The molecule has 1 saturated carbocycles. The summed E-state index contributed by atoms with van der Waals surface area (Å²) in [6, 6.07) is 0. The lowest BCUT2D eigenvalue weighted by molar-refractivity contribution is 0.376. The Labute approximate surface area is 125 Å². The first-order valence-corrected chi connectivity index (χ1v) is 9.70. The van der Waals surface area contributed by atoms with Gasteiger partial charge in [0.15, 0.2) is 0 Å². The fourth-order valence-corrected chi connectivity index (χ4v) is 4.85. The van der Waals surface area contributed by atoms with E-state index in [9.17, 15) is 0 Å². The van der Waals surface area contributed by atoms with Crippen LogP contribution in [0.25, 0.3) is 0 Å². The molecule has 2 fully saturated rings. The second-order valence-electron chi connectivity index (χ2n) is 6.48. The van der Waals surface area contributed by atoms with Gasteiger partial charge >= 0.3 is 0 Å². The maximum absolute atomic E-state index is 2.68. The SMILES string of the molecule is C1CCCCCC(SN2CCCCC2)CCCCC1. The van der Waals surface area contributed by atoms with Crippen molar-refractivity contribution in [3.63, 3.8) is 0 Å². The topological polar surface area (TPSA) is 3.24 Å². The minimum absolute atomic E-state index is 0.928. The van der Waals surface area contributed by atoms with Crippen molar-refractivity contribution in [1.82, 2.24) is 4.31 Å². The summed E-state index contributed by atoms with van der Waals surface area (Å²) in [6.07, 6.45) is 20.6. The van der Waals surface area contributed by atoms with Crippen molar-refractivity contribution in [1.29, 1.82) is 0 Å². The largest absolute Gasteiger partial charge is 0.250 e. The summed E-state index contributed by atoms with van der Waals surface area (Å²) < 4.78 is 2.68. The lowest BCUT2D eigenvalue weighted by Gasteiger charge is -2.29. The minimum atomic E-state index is 0.928. The first-order chi connectivity index (χ1) is 9.45. The van der Waals surface area contributed by atoms with Crippen molar-refractivity contribution in [3.8, 4) is 0 Å². The van der Waals surface area contributed by atoms with Crippen molar-refractivity contribution >= 4 is 11.9 Å². The molecule has 2 heteroatoms. The molecule has 0 atom stereocenters. The predicted octanol–water partition coefficient (Wildman–Crippen LogP) is 5.79. The first kappa shape index (κ1) is 15.7. The molecule has 2 rings (SSSR count). The van der Waals surface area contributed by atoms with E-state index in [2.05, 4.69) is 16.3 Å². The van der Waals surface area contributed by atoms with Crippen molar-refractivity contribution < 1.29 is 0 Å². The van der Waals surface area contributed by atoms with Gasteiger partial charge in [-0.15, -0.1) is 0 Å². The Bertz CT molecular complexity index is 201. The Balaban J connectivity index is 1.70. The number of rotatable bonds is 2. The maximum Gasteiger partial charge on any atom is 0.0195 e. The zero-order valence-electron chi connectivity index (χ0n) is 12.7. The van der Waals surface area contributed by atoms with Gasteiger partial charge in [-0.3, -0.25) is 4.31 Å². The smallest absolute Gasteiger partial charge is 0.0195 e. The second-order valence-corrected chi connectivity index (χ2v) is 7.87. The van der Waals surface area contributed by atoms with Gasteiger partial charge in [0.05, 0.1) is 0 Å². The molecule has 1 nitrogen and oxygen atoms in total. The highest BCUT2D eigenvalue weighted by molar-refractivity contribution is 7.97. The third-order valence-corrected chi connectivity index (χ3v) is 6.10. The summed E-state index contributed by atoms with van der Waals surface area (Å²) in [5.74, 6) is 0. The van der Waals surface area contributed by atoms with Crippen LogP contribution >= 0.6 is 11.9 Å². The molecular formula is C17H33NS. The normalized spacial score (nSPS) is 26.5. The van der Waals surface area contributed by atoms with Crippen molar-refractivity contribution in [2.75, 3.05) is 13.1 Å². The lowest BCUT2D eigenvalue weighted by atomic mass is 10.0. The predicted molar refractivity (Wildman–Crippen MR) is 87.6 cm³/mol. The Kier molecular flexibility index (Phi) is 8.34. The number of hydrogen-bond donors (Lipinski definition) is 0. The van der Waals surface area contributed by atoms with E-state index in [0.29, 0.717) is 0 Å². The van der Waals surface area contributed by atoms with E-state index < -0.39 is 0 Å². The highest BCUT2D eigenvalue weighted by atomic mass is 32.2. The summed E-state index contributed by atoms with van der Waals surface area (Å²) in [5.41, 5.74) is 0. The van der Waals surface area contributed by atoms with E-state index in [0.717, 1.165) is 5.25 Å². The highest BCUT2D eigenvalue weighted by Gasteiger charge is 2.17. The summed E-state index contributed by atoms with van der Waals surface area (Å²) in [4.78, 5) is 0. The third kappa shape index (κ3) is 7.04. The average molecular weight is 284 g/mol. The molecule has 1 aliphatic carbocycles. The average Bonchev–Trinajstić information content (AvgIpc) is 2.43. The maximum atomic E-state index is 2.68. The molecule has 0 aromatic carbocycles. The zero-order chi connectivity index (χ0) is 13.2. The van der Waals surface area contributed by atoms with Gasteiger partial charge in [0.1, 0.15) is 0 Å². The molecule has 0 aromatic heterocycles. The van der Waals surface area contributed by atoms with Crippen molar-refractivity contribution in [2.24, 2.45) is 0 Å². The van der Waals surface area contributed by atoms with Gasteiger partial charge in [0, 0.05) is 18.3 Å². The number of piperidine rings is 1. The fraction of sp³-hybridized carbons (Fsp3) is 1.00. The van der Waals surface area contributed by atoms with Crippen LogP contribution in [-0.4, -0.2) is 22.6 Å². The monoisotopic (exact) mass is 283 g/mol. The van der Waals surface area contributed by atoms with Gasteiger partial charge < -0.3 is 0 Å². The van der Waals surface area contributed by atoms with Gasteiger partial charge in [-0.2, -0.15) is 0 Å². The van der Waals surface area contributed by atoms with Crippen LogP contribution < -0.4 is 0 Å². The molecule has 0 N–H and O–H groups in total. The standard InChI is InChI=1S/C17H33NS/c1-2-4-6-9-13-17(14-10-7-5-3-1)19-18-15-11-8-12-16-18/h17H,1-16H2. The molecule has 0 radical (unpaired) electrons. The summed E-state index contributed by atoms with van der Waals surface area (Å²) in [5, 5.41) is 0.928. The number of nitrogens with zero attached hydrogens (tertiary/aromatic N) is 1. The van der Waals surface area contributed by atoms with E-state index >= 15 is 0 Å². The van der Waals surface area contributed by atoms with Gasteiger partial charge in [-0.05, 0) is 25.7 Å². The molecule has 1 saturated heterocycles. The van der Waals surface area contributed by atoms with Crippen LogP contribution in [-0.2, 0) is 0 Å². The van der Waals surface area contributed by atoms with Crippen molar-refractivity contribution in [3.05, 3.63) is 0 Å². The van der Waals surface area contributed by atoms with Crippen LogP contribution in [0.3, 0.4) is 0 Å². The molecule has 19 heavy (non-hydrogen) atoms. The Hall–Kier alpha value is 0.310. The molecular weight excluding hydrogens is 250 g/mol. The van der Waals surface area contributed by atoms with Gasteiger partial charge in [0.2, 0.25) is 0 Å². The fourth-order valence-electron chi connectivity index (χ4n) is 3.41. The Morgan fingerprint density at radius 2 is 0.947 bits per heavy atom. The highest BCUT2D eigenvalue weighted by Crippen LogP contribution is 2.30. The molecule has 0 spiro atoms. The lowest BCUT2D eigenvalue weighted by Crippen LogP contribution is -2.26. The van der Waals surface area contributed by atoms with E-state index in [1.807, 2.05) is 0 Å². The molecule has 1 heterocycles. The van der Waals surface area contributed by atoms with Gasteiger partial charge in [0.25, 0.3) is 0 Å². The Morgan fingerprint density at radius 1 is 0.526 bits per heavy atom. The summed E-state index contributed by atoms with van der Waals surface area (Å²) >= 11 is 2.23. The van der Waals surface area contributed by atoms with E-state index in [1.54, 1.807) is 0 Å². The molecule has 112 valence electrons. The second kappa shape index (κ2) is 10.1. The van der Waals surface area contributed by atoms with Crippen molar-refractivity contribution in [2.45, 2.75) is 95.1 Å². The molecule has 1 aliphatic heterocycles. The van der Waals surface area contributed by atoms with Crippen LogP contribution in [0.2, 0.25) is 0 Å². The van der Waals surface area contributed by atoms with Gasteiger partial charge in [-0.25, -0.2) is 0 Å². The summed E-state index contributed by atoms with van der Waals surface area (Å²) in [6.45, 7) is 2.70. The minimum Gasteiger partial charge on any atom is -0.250 e. The first-order valence-electron chi connectivity index (χ1n) is 8.87. The molecule has 2 aliphatic rings. The quantitative estimate of drug-likeness (QED) is 0.590. The van der Waals surface area contributed by atoms with Crippen LogP contribution in [0.4, 0.5) is 0 Å². The van der Waals surface area contributed by atoms with Crippen LogP contribution in [0.1, 0.15) is 89.9 Å². The van der Waals surface area contributed by atoms with E-state index in [1.165, 1.54) is 103 Å². The van der Waals surface area contributed by atoms with Crippen LogP contribution in [0.5, 0.6) is 0 Å². The molecule has 0 unspecified atom stereocenters. The molecule has 0 bridgehead atoms. The Morgan fingerprint density at radius 3 is 1.47 bits per heavy atom. The molecule has 0 aromatic rings. The molecule has 0 amide bonds. The zero-order valence-corrected chi connectivity index (χ0v) is 13.6. The van der Waals surface area contributed by atoms with E-state index in [-0.39, 0.29) is 0 Å². The number of hydrogen-bond acceptors (Lipinski definition) is 2. The van der Waals surface area contributed by atoms with Crippen LogP contribution in [0.15, 0.2) is 0 Å².